The van der Waals surface area contributed by atoms with Gasteiger partial charge in [-0.3, -0.25) is 0 Å². The molecular formula is C18H31N3. The molecule has 0 atom stereocenters. The van der Waals surface area contributed by atoms with E-state index >= 15 is 0 Å². The fourth-order valence-electron chi connectivity index (χ4n) is 3.20. The van der Waals surface area contributed by atoms with Gasteiger partial charge in [-0.05, 0) is 29.9 Å². The number of anilines is 1. The topological polar surface area (TPSA) is 28.2 Å². The second-order valence-corrected chi connectivity index (χ2v) is 6.75. The first kappa shape index (κ1) is 16.3. The molecule has 0 bridgehead atoms. The van der Waals surface area contributed by atoms with Crippen molar-refractivity contribution in [1.29, 1.82) is 0 Å². The Morgan fingerprint density at radius 3 is 2.33 bits per heavy atom. The van der Waals surface area contributed by atoms with Crippen molar-refractivity contribution in [2.75, 3.05) is 18.0 Å². The van der Waals surface area contributed by atoms with Gasteiger partial charge in [-0.15, -0.1) is 0 Å². The van der Waals surface area contributed by atoms with Crippen LogP contribution in [0.25, 0.3) is 0 Å². The predicted octanol–water partition coefficient (Wildman–Crippen LogP) is 3.99. The molecule has 1 fully saturated rings. The minimum absolute atomic E-state index is 0.517. The van der Waals surface area contributed by atoms with Gasteiger partial charge < -0.3 is 10.2 Å². The molecule has 1 aliphatic heterocycles. The van der Waals surface area contributed by atoms with Crippen LogP contribution in [0, 0.1) is 5.41 Å². The monoisotopic (exact) mass is 289 g/mol. The molecule has 2 rings (SSSR count). The highest BCUT2D eigenvalue weighted by Gasteiger charge is 2.31. The largest absolute Gasteiger partial charge is 0.357 e. The number of piperidine rings is 1. The SMILES string of the molecule is CCC1(CC)CCN(c2ccc(CNC(C)C)cn2)CC1. The number of nitrogens with zero attached hydrogens (tertiary/aromatic N) is 2. The summed E-state index contributed by atoms with van der Waals surface area (Å²) in [6.45, 7) is 12.2. The second kappa shape index (κ2) is 7.26. The lowest BCUT2D eigenvalue weighted by atomic mass is 9.74. The highest BCUT2D eigenvalue weighted by molar-refractivity contribution is 5.40. The Morgan fingerprint density at radius 1 is 1.19 bits per heavy atom. The van der Waals surface area contributed by atoms with E-state index in [2.05, 4.69) is 55.0 Å². The van der Waals surface area contributed by atoms with Crippen molar-refractivity contribution in [3.05, 3.63) is 23.9 Å². The first-order valence-corrected chi connectivity index (χ1v) is 8.52. The van der Waals surface area contributed by atoms with Crippen LogP contribution in [0.5, 0.6) is 0 Å². The Labute approximate surface area is 130 Å². The second-order valence-electron chi connectivity index (χ2n) is 6.75. The minimum Gasteiger partial charge on any atom is -0.357 e. The zero-order chi connectivity index (χ0) is 15.3. The van der Waals surface area contributed by atoms with Crippen LogP contribution in [0.1, 0.15) is 58.9 Å². The van der Waals surface area contributed by atoms with Gasteiger partial charge in [0.05, 0.1) is 0 Å². The molecule has 0 spiro atoms. The average Bonchev–Trinajstić information content (AvgIpc) is 2.53. The van der Waals surface area contributed by atoms with E-state index in [0.717, 1.165) is 25.5 Å². The van der Waals surface area contributed by atoms with E-state index in [0.29, 0.717) is 11.5 Å². The van der Waals surface area contributed by atoms with Crippen LogP contribution in [0.15, 0.2) is 18.3 Å². The summed E-state index contributed by atoms with van der Waals surface area (Å²) in [5, 5.41) is 3.43. The maximum absolute atomic E-state index is 4.67. The van der Waals surface area contributed by atoms with E-state index in [1.165, 1.54) is 31.2 Å². The van der Waals surface area contributed by atoms with Crippen molar-refractivity contribution < 1.29 is 0 Å². The lowest BCUT2D eigenvalue weighted by molar-refractivity contribution is 0.199. The van der Waals surface area contributed by atoms with Gasteiger partial charge >= 0.3 is 0 Å². The van der Waals surface area contributed by atoms with Gasteiger partial charge in [0.15, 0.2) is 0 Å². The summed E-state index contributed by atoms with van der Waals surface area (Å²) < 4.78 is 0. The summed E-state index contributed by atoms with van der Waals surface area (Å²) >= 11 is 0. The van der Waals surface area contributed by atoms with Gasteiger partial charge in [0.1, 0.15) is 5.82 Å². The Kier molecular flexibility index (Phi) is 5.63. The highest BCUT2D eigenvalue weighted by atomic mass is 15.2. The molecule has 3 heteroatoms. The molecule has 1 aromatic rings. The van der Waals surface area contributed by atoms with Crippen molar-refractivity contribution in [2.24, 2.45) is 5.41 Å². The van der Waals surface area contributed by atoms with Gasteiger partial charge in [-0.1, -0.05) is 46.6 Å². The summed E-state index contributed by atoms with van der Waals surface area (Å²) in [6.07, 6.45) is 7.25. The molecular weight excluding hydrogens is 258 g/mol. The van der Waals surface area contributed by atoms with E-state index < -0.39 is 0 Å². The average molecular weight is 289 g/mol. The normalized spacial score (nSPS) is 18.2. The molecule has 0 aliphatic carbocycles. The fourth-order valence-corrected chi connectivity index (χ4v) is 3.20. The molecule has 0 aromatic carbocycles. The third kappa shape index (κ3) is 4.19. The molecule has 1 aliphatic rings. The van der Waals surface area contributed by atoms with E-state index in [1.54, 1.807) is 0 Å². The predicted molar refractivity (Wildman–Crippen MR) is 90.7 cm³/mol. The van der Waals surface area contributed by atoms with Crippen molar-refractivity contribution >= 4 is 5.82 Å². The van der Waals surface area contributed by atoms with Crippen molar-refractivity contribution in [3.63, 3.8) is 0 Å². The van der Waals surface area contributed by atoms with Gasteiger partial charge in [0.2, 0.25) is 0 Å². The minimum atomic E-state index is 0.517. The first-order valence-electron chi connectivity index (χ1n) is 8.52. The van der Waals surface area contributed by atoms with E-state index in [4.69, 9.17) is 0 Å². The molecule has 1 aromatic heterocycles. The first-order chi connectivity index (χ1) is 10.1. The van der Waals surface area contributed by atoms with Crippen LogP contribution in [-0.4, -0.2) is 24.1 Å². The van der Waals surface area contributed by atoms with E-state index in [1.807, 2.05) is 6.20 Å². The van der Waals surface area contributed by atoms with Crippen LogP contribution in [0.4, 0.5) is 5.82 Å². The van der Waals surface area contributed by atoms with E-state index in [-0.39, 0.29) is 0 Å². The maximum atomic E-state index is 4.67. The highest BCUT2D eigenvalue weighted by Crippen LogP contribution is 2.38. The molecule has 1 saturated heterocycles. The van der Waals surface area contributed by atoms with Crippen LogP contribution in [0.2, 0.25) is 0 Å². The lowest BCUT2D eigenvalue weighted by Gasteiger charge is -2.41. The van der Waals surface area contributed by atoms with Gasteiger partial charge in [0.25, 0.3) is 0 Å². The van der Waals surface area contributed by atoms with Crippen LogP contribution in [0.3, 0.4) is 0 Å². The summed E-state index contributed by atoms with van der Waals surface area (Å²) in [5.41, 5.74) is 1.85. The molecule has 3 nitrogen and oxygen atoms in total. The summed E-state index contributed by atoms with van der Waals surface area (Å²) in [6, 6.07) is 4.91. The Morgan fingerprint density at radius 2 is 1.86 bits per heavy atom. The number of rotatable bonds is 6. The lowest BCUT2D eigenvalue weighted by Crippen LogP contribution is -2.40. The Hall–Kier alpha value is -1.09. The quantitative estimate of drug-likeness (QED) is 0.858. The molecule has 0 amide bonds. The molecule has 0 saturated carbocycles. The Bertz CT molecular complexity index is 411. The molecule has 0 radical (unpaired) electrons. The Balaban J connectivity index is 1.92. The maximum Gasteiger partial charge on any atom is 0.128 e. The summed E-state index contributed by atoms with van der Waals surface area (Å²) in [5.74, 6) is 1.14. The number of hydrogen-bond donors (Lipinski definition) is 1. The molecule has 118 valence electrons. The van der Waals surface area contributed by atoms with Crippen LogP contribution >= 0.6 is 0 Å². The van der Waals surface area contributed by atoms with Crippen molar-refractivity contribution in [2.45, 2.75) is 66.0 Å². The molecule has 0 unspecified atom stereocenters. The molecule has 21 heavy (non-hydrogen) atoms. The molecule has 1 N–H and O–H groups in total. The number of aromatic nitrogens is 1. The zero-order valence-electron chi connectivity index (χ0n) is 14.2. The zero-order valence-corrected chi connectivity index (χ0v) is 14.2. The van der Waals surface area contributed by atoms with E-state index in [9.17, 15) is 0 Å². The number of pyridine rings is 1. The number of hydrogen-bond acceptors (Lipinski definition) is 3. The van der Waals surface area contributed by atoms with Crippen molar-refractivity contribution in [1.82, 2.24) is 10.3 Å². The standard InChI is InChI=1S/C18H31N3/c1-5-18(6-2)9-11-21(12-10-18)17-8-7-16(14-20-17)13-19-15(3)4/h7-8,14-15,19H,5-6,9-13H2,1-4H3. The van der Waals surface area contributed by atoms with Gasteiger partial charge in [-0.2, -0.15) is 0 Å². The number of nitrogens with one attached hydrogen (secondary N) is 1. The fraction of sp³-hybridized carbons (Fsp3) is 0.722. The van der Waals surface area contributed by atoms with Crippen LogP contribution < -0.4 is 10.2 Å². The van der Waals surface area contributed by atoms with Crippen LogP contribution in [-0.2, 0) is 6.54 Å². The third-order valence-electron chi connectivity index (χ3n) is 5.17. The summed E-state index contributed by atoms with van der Waals surface area (Å²) in [4.78, 5) is 7.11. The smallest absolute Gasteiger partial charge is 0.128 e. The van der Waals surface area contributed by atoms with Crippen molar-refractivity contribution in [3.8, 4) is 0 Å². The van der Waals surface area contributed by atoms with Gasteiger partial charge in [0, 0.05) is 31.9 Å². The summed E-state index contributed by atoms with van der Waals surface area (Å²) in [7, 11) is 0. The van der Waals surface area contributed by atoms with Gasteiger partial charge in [-0.25, -0.2) is 4.98 Å². The molecule has 2 heterocycles. The third-order valence-corrected chi connectivity index (χ3v) is 5.17.